The van der Waals surface area contributed by atoms with Crippen molar-refractivity contribution in [2.24, 2.45) is 0 Å². The van der Waals surface area contributed by atoms with Crippen molar-refractivity contribution in [2.75, 3.05) is 0 Å². The molecule has 0 aliphatic rings. The molecular formula is C10H8ClN3O3S2. The van der Waals surface area contributed by atoms with Crippen molar-refractivity contribution in [2.45, 2.75) is 11.4 Å². The van der Waals surface area contributed by atoms with Crippen LogP contribution in [0, 0.1) is 0 Å². The number of carbonyl (C=O) groups excluding carboxylic acids is 1. The molecule has 1 aromatic carbocycles. The van der Waals surface area contributed by atoms with E-state index in [4.69, 9.17) is 10.7 Å². The van der Waals surface area contributed by atoms with Crippen LogP contribution in [0.3, 0.4) is 0 Å². The minimum atomic E-state index is -3.72. The summed E-state index contributed by atoms with van der Waals surface area (Å²) >= 11 is 1.09. The van der Waals surface area contributed by atoms with Crippen molar-refractivity contribution in [3.63, 3.8) is 0 Å². The summed E-state index contributed by atoms with van der Waals surface area (Å²) in [4.78, 5) is 11.6. The number of halogens is 1. The first-order chi connectivity index (χ1) is 8.97. The van der Waals surface area contributed by atoms with E-state index in [1.807, 2.05) is 0 Å². The minimum Gasteiger partial charge on any atom is -0.347 e. The fraction of sp³-hybridized carbons (Fsp3) is 0.100. The lowest BCUT2D eigenvalue weighted by Crippen LogP contribution is -2.23. The Morgan fingerprint density at radius 1 is 1.32 bits per heavy atom. The lowest BCUT2D eigenvalue weighted by Gasteiger charge is -2.03. The molecule has 2 rings (SSSR count). The first-order valence-electron chi connectivity index (χ1n) is 5.05. The Hall–Kier alpha value is -1.51. The van der Waals surface area contributed by atoms with Gasteiger partial charge in [0.1, 0.15) is 0 Å². The number of carbonyl (C=O) groups is 1. The highest BCUT2D eigenvalue weighted by Crippen LogP contribution is 2.15. The average molecular weight is 318 g/mol. The molecule has 0 saturated carbocycles. The van der Waals surface area contributed by atoms with E-state index in [1.54, 1.807) is 17.5 Å². The topological polar surface area (TPSA) is 89.0 Å². The molecule has 1 N–H and O–H groups in total. The Morgan fingerprint density at radius 3 is 2.53 bits per heavy atom. The van der Waals surface area contributed by atoms with Gasteiger partial charge in [-0.25, -0.2) is 8.42 Å². The van der Waals surface area contributed by atoms with Gasteiger partial charge in [0.15, 0.2) is 5.69 Å². The highest BCUT2D eigenvalue weighted by Gasteiger charge is 2.10. The van der Waals surface area contributed by atoms with Gasteiger partial charge in [0, 0.05) is 22.6 Å². The van der Waals surface area contributed by atoms with Crippen LogP contribution in [0.5, 0.6) is 0 Å². The molecule has 0 atom stereocenters. The Morgan fingerprint density at radius 2 is 2.00 bits per heavy atom. The van der Waals surface area contributed by atoms with Crippen LogP contribution in [-0.2, 0) is 15.6 Å². The van der Waals surface area contributed by atoms with Gasteiger partial charge in [-0.3, -0.25) is 4.79 Å². The fourth-order valence-electron chi connectivity index (χ4n) is 1.31. The summed E-state index contributed by atoms with van der Waals surface area (Å²) in [5.41, 5.74) is 1.01. The van der Waals surface area contributed by atoms with E-state index in [0.717, 1.165) is 17.1 Å². The monoisotopic (exact) mass is 317 g/mol. The van der Waals surface area contributed by atoms with Crippen molar-refractivity contribution < 1.29 is 13.2 Å². The summed E-state index contributed by atoms with van der Waals surface area (Å²) in [6.07, 6.45) is 0. The second kappa shape index (κ2) is 5.64. The van der Waals surface area contributed by atoms with Crippen molar-refractivity contribution >= 4 is 37.2 Å². The molecule has 1 aromatic heterocycles. The van der Waals surface area contributed by atoms with Gasteiger partial charge in [-0.2, -0.15) is 0 Å². The lowest BCUT2D eigenvalue weighted by molar-refractivity contribution is 0.0946. The van der Waals surface area contributed by atoms with E-state index in [1.165, 1.54) is 12.1 Å². The predicted octanol–water partition coefficient (Wildman–Crippen LogP) is 1.40. The molecule has 0 aliphatic heterocycles. The van der Waals surface area contributed by atoms with Crippen LogP contribution in [0.25, 0.3) is 0 Å². The summed E-state index contributed by atoms with van der Waals surface area (Å²) in [6.45, 7) is 0.263. The second-order valence-corrected chi connectivity index (χ2v) is 6.73. The SMILES string of the molecule is O=C(NCc1ccc(S(=O)(=O)Cl)cc1)c1csnn1. The number of benzene rings is 1. The zero-order valence-electron chi connectivity index (χ0n) is 9.41. The Balaban J connectivity index is 1.99. The number of hydrogen-bond donors (Lipinski definition) is 1. The summed E-state index contributed by atoms with van der Waals surface area (Å²) in [7, 11) is 1.48. The molecule has 0 aliphatic carbocycles. The van der Waals surface area contributed by atoms with E-state index in [-0.39, 0.29) is 23.0 Å². The minimum absolute atomic E-state index is 0.0212. The van der Waals surface area contributed by atoms with Crippen LogP contribution in [-0.4, -0.2) is 23.9 Å². The Labute approximate surface area is 118 Å². The fourth-order valence-corrected chi connectivity index (χ4v) is 2.51. The van der Waals surface area contributed by atoms with Gasteiger partial charge < -0.3 is 5.32 Å². The molecule has 1 amide bonds. The predicted molar refractivity (Wildman–Crippen MR) is 70.6 cm³/mol. The van der Waals surface area contributed by atoms with Crippen molar-refractivity contribution in [1.29, 1.82) is 0 Å². The summed E-state index contributed by atoms with van der Waals surface area (Å²) < 4.78 is 25.7. The molecule has 0 radical (unpaired) electrons. The van der Waals surface area contributed by atoms with Crippen molar-refractivity contribution in [1.82, 2.24) is 14.9 Å². The van der Waals surface area contributed by atoms with E-state index >= 15 is 0 Å². The highest BCUT2D eigenvalue weighted by molar-refractivity contribution is 8.13. The molecule has 6 nitrogen and oxygen atoms in total. The van der Waals surface area contributed by atoms with E-state index in [2.05, 4.69) is 14.9 Å². The third-order valence-electron chi connectivity index (χ3n) is 2.25. The first-order valence-corrected chi connectivity index (χ1v) is 8.20. The summed E-state index contributed by atoms with van der Waals surface area (Å²) in [6, 6.07) is 5.92. The molecular weight excluding hydrogens is 310 g/mol. The molecule has 19 heavy (non-hydrogen) atoms. The zero-order chi connectivity index (χ0) is 13.9. The van der Waals surface area contributed by atoms with Gasteiger partial charge in [-0.05, 0) is 29.2 Å². The molecule has 0 saturated heterocycles. The van der Waals surface area contributed by atoms with Gasteiger partial charge in [-0.15, -0.1) is 5.10 Å². The third-order valence-corrected chi connectivity index (χ3v) is 4.12. The van der Waals surface area contributed by atoms with Gasteiger partial charge in [0.25, 0.3) is 15.0 Å². The zero-order valence-corrected chi connectivity index (χ0v) is 11.8. The van der Waals surface area contributed by atoms with Gasteiger partial charge in [0.2, 0.25) is 0 Å². The lowest BCUT2D eigenvalue weighted by atomic mass is 10.2. The Bertz CT molecular complexity index is 669. The first kappa shape index (κ1) is 13.9. The maximum atomic E-state index is 11.6. The normalized spacial score (nSPS) is 11.2. The maximum Gasteiger partial charge on any atom is 0.273 e. The summed E-state index contributed by atoms with van der Waals surface area (Å²) in [5, 5.41) is 7.82. The quantitative estimate of drug-likeness (QED) is 0.861. The van der Waals surface area contributed by atoms with Crippen LogP contribution < -0.4 is 5.32 Å². The molecule has 9 heteroatoms. The average Bonchev–Trinajstić information content (AvgIpc) is 2.89. The molecule has 100 valence electrons. The number of amides is 1. The molecule has 0 unspecified atom stereocenters. The highest BCUT2D eigenvalue weighted by atomic mass is 35.7. The van der Waals surface area contributed by atoms with Crippen LogP contribution in [0.2, 0.25) is 0 Å². The molecule has 1 heterocycles. The van der Waals surface area contributed by atoms with Crippen LogP contribution >= 0.6 is 22.2 Å². The van der Waals surface area contributed by atoms with E-state index in [0.29, 0.717) is 0 Å². The van der Waals surface area contributed by atoms with E-state index in [9.17, 15) is 13.2 Å². The van der Waals surface area contributed by atoms with Gasteiger partial charge >= 0.3 is 0 Å². The number of nitrogens with zero attached hydrogens (tertiary/aromatic N) is 2. The van der Waals surface area contributed by atoms with E-state index < -0.39 is 9.05 Å². The number of nitrogens with one attached hydrogen (secondary N) is 1. The third kappa shape index (κ3) is 3.72. The van der Waals surface area contributed by atoms with Crippen LogP contribution in [0.4, 0.5) is 0 Å². The largest absolute Gasteiger partial charge is 0.347 e. The standard InChI is InChI=1S/C10H8ClN3O3S2/c11-19(16,17)8-3-1-7(2-4-8)5-12-10(15)9-6-18-14-13-9/h1-4,6H,5H2,(H,12,15). The van der Waals surface area contributed by atoms with Gasteiger partial charge in [-0.1, -0.05) is 16.6 Å². The number of aromatic nitrogens is 2. The second-order valence-electron chi connectivity index (χ2n) is 3.55. The van der Waals surface area contributed by atoms with Crippen molar-refractivity contribution in [3.05, 3.63) is 40.9 Å². The smallest absolute Gasteiger partial charge is 0.273 e. The van der Waals surface area contributed by atoms with Gasteiger partial charge in [0.05, 0.1) is 4.90 Å². The van der Waals surface area contributed by atoms with Crippen LogP contribution in [0.15, 0.2) is 34.5 Å². The maximum absolute atomic E-state index is 11.6. The summed E-state index contributed by atoms with van der Waals surface area (Å²) in [5.74, 6) is -0.331. The number of rotatable bonds is 4. The van der Waals surface area contributed by atoms with Crippen LogP contribution in [0.1, 0.15) is 16.1 Å². The molecule has 0 fully saturated rings. The van der Waals surface area contributed by atoms with Crippen molar-refractivity contribution in [3.8, 4) is 0 Å². The Kier molecular flexibility index (Phi) is 4.13. The molecule has 0 spiro atoms. The molecule has 0 bridgehead atoms. The molecule has 2 aromatic rings. The number of hydrogen-bond acceptors (Lipinski definition) is 6.